The van der Waals surface area contributed by atoms with Crippen molar-refractivity contribution >= 4 is 5.82 Å². The van der Waals surface area contributed by atoms with Crippen LogP contribution in [-0.2, 0) is 0 Å². The number of rotatable bonds is 2. The molecule has 0 aromatic carbocycles. The Kier molecular flexibility index (Phi) is 3.44. The second kappa shape index (κ2) is 4.83. The summed E-state index contributed by atoms with van der Waals surface area (Å²) in [6, 6.07) is 4.56. The molecule has 0 bridgehead atoms. The first-order valence-electron chi connectivity index (χ1n) is 6.12. The van der Waals surface area contributed by atoms with E-state index in [-0.39, 0.29) is 0 Å². The van der Waals surface area contributed by atoms with Crippen molar-refractivity contribution in [2.75, 3.05) is 18.0 Å². The van der Waals surface area contributed by atoms with Gasteiger partial charge in [-0.05, 0) is 37.3 Å². The fourth-order valence-electron chi connectivity index (χ4n) is 2.65. The maximum atomic E-state index is 5.90. The van der Waals surface area contributed by atoms with Crippen molar-refractivity contribution < 1.29 is 0 Å². The average Bonchev–Trinajstić information content (AvgIpc) is 2.29. The Morgan fingerprint density at radius 2 is 2.38 bits per heavy atom. The first-order valence-corrected chi connectivity index (χ1v) is 6.12. The highest BCUT2D eigenvalue weighted by molar-refractivity contribution is 5.47. The van der Waals surface area contributed by atoms with E-state index in [4.69, 9.17) is 5.73 Å². The molecule has 88 valence electrons. The summed E-state index contributed by atoms with van der Waals surface area (Å²) in [7, 11) is 0. The van der Waals surface area contributed by atoms with E-state index in [0.29, 0.717) is 12.0 Å². The fourth-order valence-corrected chi connectivity index (χ4v) is 2.65. The highest BCUT2D eigenvalue weighted by Crippen LogP contribution is 2.28. The van der Waals surface area contributed by atoms with Crippen LogP contribution in [0.3, 0.4) is 0 Å². The Balaban J connectivity index is 2.28. The Labute approximate surface area is 97.7 Å². The standard InChI is InChI=1S/C13H21N3/c1-10-6-4-8-16(12(10)9-14)13-11(2)5-3-7-15-13/h3,5,7,10,12H,4,6,8-9,14H2,1-2H3. The van der Waals surface area contributed by atoms with Crippen molar-refractivity contribution in [3.63, 3.8) is 0 Å². The predicted molar refractivity (Wildman–Crippen MR) is 67.6 cm³/mol. The van der Waals surface area contributed by atoms with Crippen LogP contribution in [-0.4, -0.2) is 24.1 Å². The van der Waals surface area contributed by atoms with Crippen LogP contribution in [0, 0.1) is 12.8 Å². The molecule has 2 rings (SSSR count). The maximum absolute atomic E-state index is 5.90. The molecule has 2 unspecified atom stereocenters. The predicted octanol–water partition coefficient (Wildman–Crippen LogP) is 1.95. The van der Waals surface area contributed by atoms with Gasteiger partial charge in [0.1, 0.15) is 5.82 Å². The molecule has 3 heteroatoms. The van der Waals surface area contributed by atoms with Crippen molar-refractivity contribution in [2.45, 2.75) is 32.7 Å². The molecule has 3 nitrogen and oxygen atoms in total. The van der Waals surface area contributed by atoms with Gasteiger partial charge in [0, 0.05) is 25.3 Å². The molecule has 2 N–H and O–H groups in total. The van der Waals surface area contributed by atoms with Crippen LogP contribution in [0.5, 0.6) is 0 Å². The third-order valence-corrected chi connectivity index (χ3v) is 3.61. The first kappa shape index (κ1) is 11.4. The Morgan fingerprint density at radius 3 is 3.06 bits per heavy atom. The van der Waals surface area contributed by atoms with E-state index in [0.717, 1.165) is 18.9 Å². The lowest BCUT2D eigenvalue weighted by atomic mass is 9.90. The number of anilines is 1. The van der Waals surface area contributed by atoms with Crippen LogP contribution < -0.4 is 10.6 Å². The molecule has 2 atom stereocenters. The molecule has 16 heavy (non-hydrogen) atoms. The van der Waals surface area contributed by atoms with Gasteiger partial charge in [-0.15, -0.1) is 0 Å². The summed E-state index contributed by atoms with van der Waals surface area (Å²) in [5.41, 5.74) is 7.15. The fraction of sp³-hybridized carbons (Fsp3) is 0.615. The smallest absolute Gasteiger partial charge is 0.131 e. The van der Waals surface area contributed by atoms with E-state index < -0.39 is 0 Å². The Bertz CT molecular complexity index is 351. The van der Waals surface area contributed by atoms with E-state index in [1.807, 2.05) is 12.3 Å². The molecule has 0 aliphatic carbocycles. The molecule has 1 aromatic rings. The van der Waals surface area contributed by atoms with Gasteiger partial charge >= 0.3 is 0 Å². The van der Waals surface area contributed by atoms with Gasteiger partial charge in [-0.25, -0.2) is 4.98 Å². The van der Waals surface area contributed by atoms with Gasteiger partial charge in [0.25, 0.3) is 0 Å². The average molecular weight is 219 g/mol. The molecule has 0 radical (unpaired) electrons. The molecule has 0 spiro atoms. The highest BCUT2D eigenvalue weighted by Gasteiger charge is 2.28. The number of nitrogens with two attached hydrogens (primary N) is 1. The molecule has 1 aromatic heterocycles. The zero-order valence-electron chi connectivity index (χ0n) is 10.2. The van der Waals surface area contributed by atoms with Gasteiger partial charge in [-0.3, -0.25) is 0 Å². The summed E-state index contributed by atoms with van der Waals surface area (Å²) in [6.45, 7) is 6.22. The molecule has 1 fully saturated rings. The van der Waals surface area contributed by atoms with Crippen LogP contribution in [0.2, 0.25) is 0 Å². The minimum absolute atomic E-state index is 0.447. The molecule has 2 heterocycles. The topological polar surface area (TPSA) is 42.2 Å². The van der Waals surface area contributed by atoms with E-state index >= 15 is 0 Å². The molecule has 1 saturated heterocycles. The number of piperidine rings is 1. The zero-order chi connectivity index (χ0) is 11.5. The number of aryl methyl sites for hydroxylation is 1. The molecule has 0 amide bonds. The Hall–Kier alpha value is -1.09. The normalized spacial score (nSPS) is 25.8. The highest BCUT2D eigenvalue weighted by atomic mass is 15.2. The van der Waals surface area contributed by atoms with Crippen molar-refractivity contribution in [1.82, 2.24) is 4.98 Å². The Morgan fingerprint density at radius 1 is 1.56 bits per heavy atom. The van der Waals surface area contributed by atoms with E-state index in [2.05, 4.69) is 29.8 Å². The van der Waals surface area contributed by atoms with E-state index in [1.54, 1.807) is 0 Å². The van der Waals surface area contributed by atoms with E-state index in [1.165, 1.54) is 18.4 Å². The van der Waals surface area contributed by atoms with Crippen LogP contribution in [0.1, 0.15) is 25.3 Å². The van der Waals surface area contributed by atoms with Crippen molar-refractivity contribution in [3.8, 4) is 0 Å². The van der Waals surface area contributed by atoms with Crippen LogP contribution >= 0.6 is 0 Å². The minimum Gasteiger partial charge on any atom is -0.352 e. The largest absolute Gasteiger partial charge is 0.352 e. The summed E-state index contributed by atoms with van der Waals surface area (Å²) in [6.07, 6.45) is 4.40. The molecular formula is C13H21N3. The quantitative estimate of drug-likeness (QED) is 0.826. The summed E-state index contributed by atoms with van der Waals surface area (Å²) < 4.78 is 0. The second-order valence-corrected chi connectivity index (χ2v) is 4.76. The second-order valence-electron chi connectivity index (χ2n) is 4.76. The number of hydrogen-bond donors (Lipinski definition) is 1. The molecular weight excluding hydrogens is 198 g/mol. The van der Waals surface area contributed by atoms with Gasteiger partial charge in [0.05, 0.1) is 0 Å². The maximum Gasteiger partial charge on any atom is 0.131 e. The summed E-state index contributed by atoms with van der Waals surface area (Å²) in [5.74, 6) is 1.78. The van der Waals surface area contributed by atoms with Crippen LogP contribution in [0.15, 0.2) is 18.3 Å². The van der Waals surface area contributed by atoms with Gasteiger partial charge in [-0.2, -0.15) is 0 Å². The third kappa shape index (κ3) is 2.05. The number of aromatic nitrogens is 1. The number of nitrogens with zero attached hydrogens (tertiary/aromatic N) is 2. The lowest BCUT2D eigenvalue weighted by molar-refractivity contribution is 0.347. The molecule has 1 aliphatic rings. The summed E-state index contributed by atoms with van der Waals surface area (Å²) in [4.78, 5) is 6.90. The van der Waals surface area contributed by atoms with Crippen molar-refractivity contribution in [1.29, 1.82) is 0 Å². The van der Waals surface area contributed by atoms with Gasteiger partial charge < -0.3 is 10.6 Å². The first-order chi connectivity index (χ1) is 7.74. The van der Waals surface area contributed by atoms with Gasteiger partial charge in [0.15, 0.2) is 0 Å². The van der Waals surface area contributed by atoms with Crippen molar-refractivity contribution in [2.24, 2.45) is 11.7 Å². The SMILES string of the molecule is Cc1cccnc1N1CCCC(C)C1CN. The van der Waals surface area contributed by atoms with Crippen molar-refractivity contribution in [3.05, 3.63) is 23.9 Å². The minimum atomic E-state index is 0.447. The molecule has 0 saturated carbocycles. The van der Waals surface area contributed by atoms with Gasteiger partial charge in [-0.1, -0.05) is 13.0 Å². The molecule has 1 aliphatic heterocycles. The summed E-state index contributed by atoms with van der Waals surface area (Å²) >= 11 is 0. The van der Waals surface area contributed by atoms with Gasteiger partial charge in [0.2, 0.25) is 0 Å². The van der Waals surface area contributed by atoms with E-state index in [9.17, 15) is 0 Å². The third-order valence-electron chi connectivity index (χ3n) is 3.61. The summed E-state index contributed by atoms with van der Waals surface area (Å²) in [5, 5.41) is 0. The number of pyridine rings is 1. The lowest BCUT2D eigenvalue weighted by Crippen LogP contribution is -2.49. The van der Waals surface area contributed by atoms with Crippen LogP contribution in [0.25, 0.3) is 0 Å². The van der Waals surface area contributed by atoms with Crippen LogP contribution in [0.4, 0.5) is 5.82 Å². The lowest BCUT2D eigenvalue weighted by Gasteiger charge is -2.40. The zero-order valence-corrected chi connectivity index (χ0v) is 10.2. The number of hydrogen-bond acceptors (Lipinski definition) is 3. The monoisotopic (exact) mass is 219 g/mol.